The quantitative estimate of drug-likeness (QED) is 0.415. The summed E-state index contributed by atoms with van der Waals surface area (Å²) in [6.07, 6.45) is 0. The zero-order valence-corrected chi connectivity index (χ0v) is 4.12. The van der Waals surface area contributed by atoms with E-state index < -0.39 is 10.0 Å². The molecule has 1 aliphatic heterocycles. The van der Waals surface area contributed by atoms with Gasteiger partial charge in [-0.3, -0.25) is 0 Å². The molecule has 36 valence electrons. The Morgan fingerprint density at radius 3 is 1.83 bits per heavy atom. The maximum atomic E-state index is 9.96. The van der Waals surface area contributed by atoms with E-state index in [1.54, 1.807) is 6.92 Å². The van der Waals surface area contributed by atoms with Gasteiger partial charge in [0.15, 0.2) is 0 Å². The van der Waals surface area contributed by atoms with Crippen LogP contribution in [0, 0.1) is 0 Å². The molecule has 0 amide bonds. The van der Waals surface area contributed by atoms with Gasteiger partial charge in [0.25, 0.3) is 0 Å². The van der Waals surface area contributed by atoms with Crippen LogP contribution in [0.5, 0.6) is 0 Å². The SMILES string of the molecule is CC1NS1(=O)=O. The highest BCUT2D eigenvalue weighted by Gasteiger charge is 2.37. The van der Waals surface area contributed by atoms with Gasteiger partial charge in [0.1, 0.15) is 5.37 Å². The van der Waals surface area contributed by atoms with Crippen molar-refractivity contribution in [1.29, 1.82) is 0 Å². The van der Waals surface area contributed by atoms with E-state index in [1.807, 2.05) is 0 Å². The number of rotatable bonds is 0. The molecule has 1 atom stereocenters. The molecule has 0 bridgehead atoms. The maximum Gasteiger partial charge on any atom is 0.229 e. The van der Waals surface area contributed by atoms with Crippen LogP contribution in [0.3, 0.4) is 0 Å². The zero-order chi connectivity index (χ0) is 4.78. The summed E-state index contributed by atoms with van der Waals surface area (Å²) in [5.74, 6) is 0. The minimum absolute atomic E-state index is 0.280. The Balaban J connectivity index is 2.92. The van der Waals surface area contributed by atoms with E-state index in [-0.39, 0.29) is 5.37 Å². The van der Waals surface area contributed by atoms with Gasteiger partial charge in [0.05, 0.1) is 0 Å². The van der Waals surface area contributed by atoms with Gasteiger partial charge < -0.3 is 0 Å². The van der Waals surface area contributed by atoms with Gasteiger partial charge in [-0.1, -0.05) is 0 Å². The summed E-state index contributed by atoms with van der Waals surface area (Å²) in [6, 6.07) is 0. The van der Waals surface area contributed by atoms with Crippen molar-refractivity contribution in [3.63, 3.8) is 0 Å². The second-order valence-corrected chi connectivity index (χ2v) is 3.34. The summed E-state index contributed by atoms with van der Waals surface area (Å²) in [7, 11) is -2.75. The average molecular weight is 107 g/mol. The first-order valence-corrected chi connectivity index (χ1v) is 3.19. The second kappa shape index (κ2) is 0.764. The maximum absolute atomic E-state index is 9.96. The molecular weight excluding hydrogens is 102 g/mol. The average Bonchev–Trinajstić information content (AvgIpc) is 1.73. The fraction of sp³-hybridized carbons (Fsp3) is 1.00. The molecule has 1 N–H and O–H groups in total. The van der Waals surface area contributed by atoms with Crippen molar-refractivity contribution < 1.29 is 8.42 Å². The topological polar surface area (TPSA) is 56.1 Å². The molecule has 1 unspecified atom stereocenters. The predicted molar refractivity (Wildman–Crippen MR) is 21.5 cm³/mol. The predicted octanol–water partition coefficient (Wildman–Crippen LogP) is -0.735. The zero-order valence-electron chi connectivity index (χ0n) is 3.30. The van der Waals surface area contributed by atoms with Crippen LogP contribution in [0.1, 0.15) is 6.92 Å². The Morgan fingerprint density at radius 1 is 1.67 bits per heavy atom. The van der Waals surface area contributed by atoms with Crippen molar-refractivity contribution in [3.05, 3.63) is 0 Å². The van der Waals surface area contributed by atoms with Crippen LogP contribution in [-0.2, 0) is 10.0 Å². The van der Waals surface area contributed by atoms with Crippen LogP contribution >= 0.6 is 0 Å². The van der Waals surface area contributed by atoms with Crippen molar-refractivity contribution in [2.75, 3.05) is 0 Å². The fourth-order valence-electron chi connectivity index (χ4n) is 0.204. The molecule has 0 saturated carbocycles. The highest BCUT2D eigenvalue weighted by Crippen LogP contribution is 2.08. The number of hydrogen-bond acceptors (Lipinski definition) is 2. The molecule has 0 radical (unpaired) electrons. The highest BCUT2D eigenvalue weighted by molar-refractivity contribution is 7.96. The Morgan fingerprint density at radius 2 is 1.83 bits per heavy atom. The normalized spacial score (nSPS) is 39.2. The lowest BCUT2D eigenvalue weighted by atomic mass is 10.8. The summed E-state index contributed by atoms with van der Waals surface area (Å²) in [4.78, 5) is 0. The monoisotopic (exact) mass is 107 g/mol. The van der Waals surface area contributed by atoms with Crippen molar-refractivity contribution in [2.24, 2.45) is 0 Å². The van der Waals surface area contributed by atoms with E-state index in [1.165, 1.54) is 0 Å². The van der Waals surface area contributed by atoms with Gasteiger partial charge in [0, 0.05) is 0 Å². The van der Waals surface area contributed by atoms with Gasteiger partial charge in [-0.2, -0.15) is 4.72 Å². The molecule has 0 aromatic heterocycles. The third kappa shape index (κ3) is 0.417. The van der Waals surface area contributed by atoms with Gasteiger partial charge in [-0.25, -0.2) is 8.42 Å². The van der Waals surface area contributed by atoms with Crippen molar-refractivity contribution in [3.8, 4) is 0 Å². The van der Waals surface area contributed by atoms with Crippen LogP contribution in [0.2, 0.25) is 0 Å². The Labute approximate surface area is 36.4 Å². The molecular formula is C2H5NO2S. The Bertz CT molecular complexity index is 147. The molecule has 6 heavy (non-hydrogen) atoms. The highest BCUT2D eigenvalue weighted by atomic mass is 32.2. The molecule has 1 saturated heterocycles. The molecule has 1 fully saturated rings. The summed E-state index contributed by atoms with van der Waals surface area (Å²) in [5.41, 5.74) is 0. The van der Waals surface area contributed by atoms with E-state index in [9.17, 15) is 8.42 Å². The lowest BCUT2D eigenvalue weighted by molar-refractivity contribution is 0.611. The number of hydrogen-bond donors (Lipinski definition) is 1. The van der Waals surface area contributed by atoms with E-state index >= 15 is 0 Å². The standard InChI is InChI=1S/C2H5NO2S/c1-2-3-6(2,4)5/h2-3H,1H3. The van der Waals surface area contributed by atoms with Crippen molar-refractivity contribution >= 4 is 10.0 Å². The molecule has 0 aromatic rings. The Kier molecular flexibility index (Phi) is 0.520. The third-order valence-corrected chi connectivity index (χ3v) is 2.22. The first-order chi connectivity index (χ1) is 2.63. The molecule has 0 spiro atoms. The molecule has 0 aromatic carbocycles. The third-order valence-electron chi connectivity index (χ3n) is 0.738. The van der Waals surface area contributed by atoms with Crippen LogP contribution < -0.4 is 4.72 Å². The summed E-state index contributed by atoms with van der Waals surface area (Å²) in [5, 5.41) is -0.280. The van der Waals surface area contributed by atoms with Gasteiger partial charge in [-0.15, -0.1) is 0 Å². The largest absolute Gasteiger partial charge is 0.229 e. The summed E-state index contributed by atoms with van der Waals surface area (Å²) in [6.45, 7) is 1.61. The van der Waals surface area contributed by atoms with E-state index in [0.717, 1.165) is 0 Å². The molecule has 1 aliphatic rings. The summed E-state index contributed by atoms with van der Waals surface area (Å²) >= 11 is 0. The van der Waals surface area contributed by atoms with Crippen LogP contribution in [0.25, 0.3) is 0 Å². The van der Waals surface area contributed by atoms with Crippen LogP contribution in [0.4, 0.5) is 0 Å². The molecule has 1 rings (SSSR count). The smallest absolute Gasteiger partial charge is 0.211 e. The van der Waals surface area contributed by atoms with E-state index in [4.69, 9.17) is 0 Å². The second-order valence-electron chi connectivity index (χ2n) is 1.31. The number of sulfonamides is 1. The van der Waals surface area contributed by atoms with Crippen LogP contribution in [-0.4, -0.2) is 13.8 Å². The van der Waals surface area contributed by atoms with Crippen molar-refractivity contribution in [1.82, 2.24) is 4.72 Å². The van der Waals surface area contributed by atoms with Gasteiger partial charge >= 0.3 is 0 Å². The van der Waals surface area contributed by atoms with Gasteiger partial charge in [-0.05, 0) is 6.92 Å². The number of nitrogens with one attached hydrogen (secondary N) is 1. The molecule has 4 heteroatoms. The van der Waals surface area contributed by atoms with E-state index in [0.29, 0.717) is 0 Å². The molecule has 1 heterocycles. The first-order valence-electron chi connectivity index (χ1n) is 1.64. The molecule has 3 nitrogen and oxygen atoms in total. The lowest BCUT2D eigenvalue weighted by Gasteiger charge is -1.53. The van der Waals surface area contributed by atoms with Crippen LogP contribution in [0.15, 0.2) is 0 Å². The van der Waals surface area contributed by atoms with E-state index in [2.05, 4.69) is 4.72 Å². The lowest BCUT2D eigenvalue weighted by Crippen LogP contribution is -1.73. The Hall–Kier alpha value is -0.0900. The molecule has 0 aliphatic carbocycles. The minimum Gasteiger partial charge on any atom is -0.211 e. The minimum atomic E-state index is -2.75. The van der Waals surface area contributed by atoms with Gasteiger partial charge in [0.2, 0.25) is 10.0 Å². The summed E-state index contributed by atoms with van der Waals surface area (Å²) < 4.78 is 22.2. The fourth-order valence-corrected chi connectivity index (χ4v) is 0.846. The first kappa shape index (κ1) is 4.08. The van der Waals surface area contributed by atoms with Crippen molar-refractivity contribution in [2.45, 2.75) is 12.3 Å².